The van der Waals surface area contributed by atoms with E-state index in [2.05, 4.69) is 47.2 Å². The number of aromatic amines is 2. The lowest BCUT2D eigenvalue weighted by Crippen LogP contribution is -2.62. The first-order valence-electron chi connectivity index (χ1n) is 20.9. The Morgan fingerprint density at radius 2 is 1.00 bits per heavy atom. The van der Waals surface area contributed by atoms with E-state index in [1.165, 1.54) is 6.92 Å². The monoisotopic (exact) mass is 920 g/mol. The first kappa shape index (κ1) is 51.3. The number of H-pyrrole nitrogens is 2. The van der Waals surface area contributed by atoms with Crippen LogP contribution in [0.4, 0.5) is 0 Å². The van der Waals surface area contributed by atoms with Crippen LogP contribution in [-0.2, 0) is 56.0 Å². The summed E-state index contributed by atoms with van der Waals surface area (Å²) in [5.74, 6) is -10.5. The average molecular weight is 921 g/mol. The van der Waals surface area contributed by atoms with Gasteiger partial charge in [-0.1, -0.05) is 50.2 Å². The zero-order chi connectivity index (χ0) is 48.8. The Hall–Kier alpha value is -7.37. The third-order valence-corrected chi connectivity index (χ3v) is 10.4. The van der Waals surface area contributed by atoms with E-state index in [0.29, 0.717) is 27.4 Å². The van der Waals surface area contributed by atoms with Gasteiger partial charge in [0.05, 0.1) is 25.2 Å². The smallest absolute Gasteiger partial charge is 0.322 e. The molecular formula is C43H56N10O13. The molecule has 4 aromatic rings. The normalized spacial score (nSPS) is 14.9. The van der Waals surface area contributed by atoms with Gasteiger partial charge in [0, 0.05) is 47.0 Å². The van der Waals surface area contributed by atoms with Crippen molar-refractivity contribution < 1.29 is 63.6 Å². The number of benzene rings is 2. The molecule has 0 fully saturated rings. The number of nitrogens with two attached hydrogens (primary N) is 1. The van der Waals surface area contributed by atoms with Crippen LogP contribution in [-0.4, -0.2) is 145 Å². The van der Waals surface area contributed by atoms with Crippen molar-refractivity contribution in [1.29, 1.82) is 0 Å². The molecule has 0 spiro atoms. The second-order valence-corrected chi connectivity index (χ2v) is 16.0. The average Bonchev–Trinajstić information content (AvgIpc) is 3.87. The lowest BCUT2D eigenvalue weighted by molar-refractivity contribution is -0.142. The van der Waals surface area contributed by atoms with E-state index in [0.717, 1.165) is 12.4 Å². The van der Waals surface area contributed by atoms with Crippen molar-refractivity contribution in [1.82, 2.24) is 47.2 Å². The van der Waals surface area contributed by atoms with Crippen LogP contribution < -0.4 is 43.0 Å². The molecule has 0 saturated heterocycles. The molecule has 356 valence electrons. The van der Waals surface area contributed by atoms with Crippen LogP contribution >= 0.6 is 0 Å². The maximum Gasteiger partial charge on any atom is 0.322 e. The molecule has 0 unspecified atom stereocenters. The van der Waals surface area contributed by atoms with E-state index >= 15 is 0 Å². The molecule has 0 bridgehead atoms. The second-order valence-electron chi connectivity index (χ2n) is 16.0. The van der Waals surface area contributed by atoms with E-state index in [-0.39, 0.29) is 12.8 Å². The number of hydrogen-bond donors (Lipinski definition) is 14. The minimum Gasteiger partial charge on any atom is -0.481 e. The van der Waals surface area contributed by atoms with Gasteiger partial charge in [0.2, 0.25) is 41.4 Å². The molecular weight excluding hydrogens is 865 g/mol. The minimum absolute atomic E-state index is 0.140. The lowest BCUT2D eigenvalue weighted by Gasteiger charge is -2.28. The standard InChI is InChI=1S/C43H56N10O13/c1-20(2)35(52-37(60)21(3)44)42(65)50-31(15-33(56)57)40(63)53-36(22(4)55)43(66)49-30(14-24-17-46-28-12-8-6-10-26(24)28)39(62)51-32(19-54)41(64)48-29(38(61)47-18-34(58)59)13-23-16-45-27-11-7-5-9-25(23)27/h5-12,16-17,20-22,29-32,35-36,45-46,54-55H,13-15,18-19,44H2,1-4H3,(H,47,61)(H,48,64)(H,49,66)(H,50,65)(H,51,62)(H,52,60)(H,53,63)(H,56,57)(H,58,59)/t21-,22+,29-,30-,31-,32-,35-,36-/m0/s1. The van der Waals surface area contributed by atoms with Crippen LogP contribution in [0.2, 0.25) is 0 Å². The number of aliphatic hydroxyl groups is 2. The molecule has 0 aliphatic carbocycles. The van der Waals surface area contributed by atoms with Crippen LogP contribution in [0.3, 0.4) is 0 Å². The van der Waals surface area contributed by atoms with E-state index in [9.17, 15) is 63.6 Å². The third kappa shape index (κ3) is 14.1. The quantitative estimate of drug-likeness (QED) is 0.0343. The number of aromatic nitrogens is 2. The van der Waals surface area contributed by atoms with Crippen LogP contribution in [0.25, 0.3) is 21.8 Å². The minimum atomic E-state index is -1.88. The highest BCUT2D eigenvalue weighted by Gasteiger charge is 2.36. The number of nitrogens with one attached hydrogen (secondary N) is 9. The second kappa shape index (κ2) is 23.5. The van der Waals surface area contributed by atoms with Crippen molar-refractivity contribution in [2.24, 2.45) is 11.7 Å². The number of rotatable bonds is 24. The summed E-state index contributed by atoms with van der Waals surface area (Å²) in [4.78, 5) is 123. The summed E-state index contributed by atoms with van der Waals surface area (Å²) in [6, 6.07) is 3.31. The van der Waals surface area contributed by atoms with E-state index in [1.54, 1.807) is 74.8 Å². The maximum atomic E-state index is 14.1. The van der Waals surface area contributed by atoms with Gasteiger partial charge < -0.3 is 73.3 Å². The van der Waals surface area contributed by atoms with Crippen LogP contribution in [0.1, 0.15) is 45.2 Å². The number of hydrogen-bond acceptors (Lipinski definition) is 12. The van der Waals surface area contributed by atoms with Crippen molar-refractivity contribution in [3.8, 4) is 0 Å². The van der Waals surface area contributed by atoms with Gasteiger partial charge in [0.15, 0.2) is 0 Å². The molecule has 0 saturated carbocycles. The number of carboxylic acids is 2. The summed E-state index contributed by atoms with van der Waals surface area (Å²) in [5, 5.41) is 57.7. The van der Waals surface area contributed by atoms with Crippen LogP contribution in [0, 0.1) is 5.92 Å². The topological polar surface area (TPSA) is 376 Å². The largest absolute Gasteiger partial charge is 0.481 e. The molecule has 66 heavy (non-hydrogen) atoms. The zero-order valence-electron chi connectivity index (χ0n) is 36.5. The fourth-order valence-electron chi connectivity index (χ4n) is 6.87. The molecule has 8 atom stereocenters. The molecule has 0 aliphatic rings. The Morgan fingerprint density at radius 3 is 1.48 bits per heavy atom. The van der Waals surface area contributed by atoms with Crippen molar-refractivity contribution in [3.05, 3.63) is 72.1 Å². The third-order valence-electron chi connectivity index (χ3n) is 10.4. The maximum absolute atomic E-state index is 14.1. The zero-order valence-corrected chi connectivity index (χ0v) is 36.5. The molecule has 2 aromatic carbocycles. The molecule has 2 heterocycles. The van der Waals surface area contributed by atoms with Gasteiger partial charge in [-0.3, -0.25) is 43.2 Å². The summed E-state index contributed by atoms with van der Waals surface area (Å²) >= 11 is 0. The van der Waals surface area contributed by atoms with Gasteiger partial charge in [-0.2, -0.15) is 0 Å². The number of carbonyl (C=O) groups is 9. The molecule has 0 aliphatic heterocycles. The summed E-state index contributed by atoms with van der Waals surface area (Å²) < 4.78 is 0. The Balaban J connectivity index is 1.58. The van der Waals surface area contributed by atoms with Crippen molar-refractivity contribution in [2.45, 2.75) is 95.4 Å². The predicted molar refractivity (Wildman–Crippen MR) is 236 cm³/mol. The first-order valence-corrected chi connectivity index (χ1v) is 20.9. The number of aliphatic hydroxyl groups excluding tert-OH is 2. The summed E-state index contributed by atoms with van der Waals surface area (Å²) in [6.07, 6.45) is 0.0713. The van der Waals surface area contributed by atoms with Gasteiger partial charge in [-0.15, -0.1) is 0 Å². The Morgan fingerprint density at radius 1 is 0.561 bits per heavy atom. The molecule has 23 nitrogen and oxygen atoms in total. The van der Waals surface area contributed by atoms with Crippen molar-refractivity contribution in [2.75, 3.05) is 13.2 Å². The summed E-state index contributed by atoms with van der Waals surface area (Å²) in [6.45, 7) is 3.87. The number of fused-ring (bicyclic) bond motifs is 2. The summed E-state index contributed by atoms with van der Waals surface area (Å²) in [5.41, 5.74) is 8.06. The number of carbonyl (C=O) groups excluding carboxylic acids is 7. The van der Waals surface area contributed by atoms with Gasteiger partial charge in [0.1, 0.15) is 42.8 Å². The highest BCUT2D eigenvalue weighted by molar-refractivity contribution is 5.99. The first-order chi connectivity index (χ1) is 31.2. The van der Waals surface area contributed by atoms with Gasteiger partial charge >= 0.3 is 11.9 Å². The highest BCUT2D eigenvalue weighted by atomic mass is 16.4. The van der Waals surface area contributed by atoms with Gasteiger partial charge in [-0.25, -0.2) is 0 Å². The fourth-order valence-corrected chi connectivity index (χ4v) is 6.87. The van der Waals surface area contributed by atoms with E-state index in [4.69, 9.17) is 5.73 Å². The van der Waals surface area contributed by atoms with E-state index < -0.39 is 127 Å². The fraction of sp³-hybridized carbons (Fsp3) is 0.419. The predicted octanol–water partition coefficient (Wildman–Crippen LogP) is -2.61. The highest BCUT2D eigenvalue weighted by Crippen LogP contribution is 2.21. The Labute approximate surface area is 377 Å². The number of para-hydroxylation sites is 2. The number of amides is 7. The van der Waals surface area contributed by atoms with Crippen molar-refractivity contribution >= 4 is 75.1 Å². The van der Waals surface area contributed by atoms with Crippen LogP contribution in [0.15, 0.2) is 60.9 Å². The van der Waals surface area contributed by atoms with Crippen molar-refractivity contribution in [3.63, 3.8) is 0 Å². The molecule has 7 amide bonds. The molecule has 0 radical (unpaired) electrons. The molecule has 23 heteroatoms. The summed E-state index contributed by atoms with van der Waals surface area (Å²) in [7, 11) is 0. The van der Waals surface area contributed by atoms with Gasteiger partial charge in [-0.05, 0) is 43.0 Å². The number of aliphatic carboxylic acids is 2. The Bertz CT molecular complexity index is 2410. The molecule has 4 rings (SSSR count). The van der Waals surface area contributed by atoms with Gasteiger partial charge in [0.25, 0.3) is 0 Å². The lowest BCUT2D eigenvalue weighted by atomic mass is 10.0. The molecule has 2 aromatic heterocycles. The number of carboxylic acid groups (broad SMARTS) is 2. The Kier molecular flexibility index (Phi) is 18.3. The van der Waals surface area contributed by atoms with E-state index in [1.807, 2.05) is 0 Å². The SMILES string of the molecule is CC(C)[C@H](NC(=O)[C@H](C)N)C(=O)N[C@@H](CC(=O)O)C(=O)N[C@H](C(=O)N[C@@H](Cc1c[nH]c2ccccc12)C(=O)N[C@@H](CO)C(=O)N[C@@H](Cc1c[nH]c2ccccc12)C(=O)NCC(=O)O)[C@@H](C)O. The molecule has 15 N–H and O–H groups in total. The van der Waals surface area contributed by atoms with Crippen LogP contribution in [0.5, 0.6) is 0 Å².